The Balaban J connectivity index is 2.58. The molecule has 2 aromatic rings. The van der Waals surface area contributed by atoms with Crippen LogP contribution in [-0.2, 0) is 12.3 Å². The second-order valence-corrected chi connectivity index (χ2v) is 23.2. The van der Waals surface area contributed by atoms with Gasteiger partial charge < -0.3 is 12.3 Å². The monoisotopic (exact) mass is 458 g/mol. The highest BCUT2D eigenvalue weighted by Crippen LogP contribution is 2.25. The van der Waals surface area contributed by atoms with Crippen molar-refractivity contribution in [3.63, 3.8) is 0 Å². The minimum absolute atomic E-state index is 1.11. The van der Waals surface area contributed by atoms with Gasteiger partial charge in [-0.05, 0) is 49.7 Å². The zero-order chi connectivity index (χ0) is 21.8. The van der Waals surface area contributed by atoms with Crippen molar-refractivity contribution in [1.82, 2.24) is 0 Å². The molecule has 0 fully saturated rings. The van der Waals surface area contributed by atoms with Gasteiger partial charge in [-0.3, -0.25) is 0 Å². The average Bonchev–Trinajstić information content (AvgIpc) is 2.68. The van der Waals surface area contributed by atoms with Crippen molar-refractivity contribution in [3.05, 3.63) is 85.2 Å². The summed E-state index contributed by atoms with van der Waals surface area (Å²) < 4.78 is 20.7. The van der Waals surface area contributed by atoms with Crippen LogP contribution in [0.3, 0.4) is 0 Å². The summed E-state index contributed by atoms with van der Waals surface area (Å²) in [6, 6.07) is 20.6. The maximum absolute atomic E-state index is 7.08. The molecule has 2 unspecified atom stereocenters. The molecule has 0 heterocycles. The maximum atomic E-state index is 7.08. The molecule has 0 N–H and O–H groups in total. The highest BCUT2D eigenvalue weighted by atomic mass is 28.5. The molecule has 2 aromatic carbocycles. The Morgan fingerprint density at radius 1 is 0.552 bits per heavy atom. The van der Waals surface area contributed by atoms with Crippen LogP contribution in [-0.4, -0.2) is 33.8 Å². The van der Waals surface area contributed by atoms with Crippen LogP contribution >= 0.6 is 0 Å². The molecule has 0 saturated carbocycles. The van der Waals surface area contributed by atoms with Gasteiger partial charge in [-0.25, -0.2) is 0 Å². The molecule has 0 saturated heterocycles. The van der Waals surface area contributed by atoms with E-state index in [-0.39, 0.29) is 0 Å². The maximum Gasteiger partial charge on any atom is 0.350 e. The molecule has 156 valence electrons. The van der Waals surface area contributed by atoms with Gasteiger partial charge in [-0.15, -0.1) is 13.2 Å². The van der Waals surface area contributed by atoms with Crippen LogP contribution in [0.25, 0.3) is 0 Å². The molecule has 2 atom stereocenters. The van der Waals surface area contributed by atoms with E-state index in [1.54, 1.807) is 0 Å². The van der Waals surface area contributed by atoms with E-state index in [1.165, 1.54) is 0 Å². The fourth-order valence-corrected chi connectivity index (χ4v) is 19.5. The van der Waals surface area contributed by atoms with Gasteiger partial charge in [0.25, 0.3) is 0 Å². The molecule has 3 nitrogen and oxygen atoms in total. The lowest BCUT2D eigenvalue weighted by molar-refractivity contribution is 0.345. The Kier molecular flexibility index (Phi) is 7.61. The highest BCUT2D eigenvalue weighted by molar-refractivity contribution is 6.99. The number of rotatable bonds is 10. The Hall–Kier alpha value is -1.33. The second-order valence-electron chi connectivity index (χ2n) is 8.54. The average molecular weight is 459 g/mol. The lowest BCUT2D eigenvalue weighted by atomic mass is 10.4. The van der Waals surface area contributed by atoms with Crippen molar-refractivity contribution in [3.8, 4) is 0 Å². The molecule has 0 spiro atoms. The van der Waals surface area contributed by atoms with Crippen LogP contribution in [0.2, 0.25) is 39.3 Å². The fourth-order valence-electron chi connectivity index (χ4n) is 3.22. The lowest BCUT2D eigenvalue weighted by Crippen LogP contribution is -2.67. The summed E-state index contributed by atoms with van der Waals surface area (Å²) in [5.41, 5.74) is 3.94. The smallest absolute Gasteiger partial charge is 0.350 e. The molecular weight excluding hydrogens is 425 g/mol. The Labute approximate surface area is 180 Å². The van der Waals surface area contributed by atoms with E-state index in [0.717, 1.165) is 10.4 Å². The van der Waals surface area contributed by atoms with Gasteiger partial charge in [0.05, 0.1) is 0 Å². The number of hydrogen-bond donors (Lipinski definition) is 0. The summed E-state index contributed by atoms with van der Waals surface area (Å²) in [5.74, 6) is 0. The highest BCUT2D eigenvalue weighted by Gasteiger charge is 2.49. The van der Waals surface area contributed by atoms with E-state index in [4.69, 9.17) is 12.3 Å². The molecule has 29 heavy (non-hydrogen) atoms. The van der Waals surface area contributed by atoms with Crippen molar-refractivity contribution < 1.29 is 12.3 Å². The molecular formula is C22H34O3Si4. The van der Waals surface area contributed by atoms with E-state index in [0.29, 0.717) is 0 Å². The van der Waals surface area contributed by atoms with Gasteiger partial charge in [0, 0.05) is 0 Å². The molecule has 0 aliphatic heterocycles. The van der Waals surface area contributed by atoms with Crippen LogP contribution in [0.5, 0.6) is 0 Å². The summed E-state index contributed by atoms with van der Waals surface area (Å²) in [7, 11) is -9.80. The zero-order valence-corrected chi connectivity index (χ0v) is 22.6. The van der Waals surface area contributed by atoms with Gasteiger partial charge in [-0.2, -0.15) is 0 Å². The normalized spacial score (nSPS) is 16.5. The van der Waals surface area contributed by atoms with Gasteiger partial charge >= 0.3 is 17.1 Å². The van der Waals surface area contributed by atoms with E-state index in [9.17, 15) is 0 Å². The molecule has 0 radical (unpaired) electrons. The van der Waals surface area contributed by atoms with E-state index >= 15 is 0 Å². The first kappa shape index (κ1) is 23.9. The third-order valence-electron chi connectivity index (χ3n) is 4.88. The second kappa shape index (κ2) is 9.21. The summed E-state index contributed by atoms with van der Waals surface area (Å²) in [4.78, 5) is 0. The van der Waals surface area contributed by atoms with Gasteiger partial charge in [0.15, 0.2) is 16.6 Å². The van der Waals surface area contributed by atoms with Crippen LogP contribution in [0.1, 0.15) is 0 Å². The first-order chi connectivity index (χ1) is 13.5. The molecule has 0 aromatic heterocycles. The molecule has 0 bridgehead atoms. The van der Waals surface area contributed by atoms with Crippen molar-refractivity contribution in [2.24, 2.45) is 0 Å². The topological polar surface area (TPSA) is 27.7 Å². The summed E-state index contributed by atoms with van der Waals surface area (Å²) in [6.07, 6.45) is 0. The molecule has 0 amide bonds. The van der Waals surface area contributed by atoms with Crippen molar-refractivity contribution in [1.29, 1.82) is 0 Å². The van der Waals surface area contributed by atoms with E-state index in [1.807, 2.05) is 47.8 Å². The zero-order valence-electron chi connectivity index (χ0n) is 18.6. The Bertz CT molecular complexity index is 757. The first-order valence-electron chi connectivity index (χ1n) is 9.94. The standard InChI is InChI=1S/C22H34O3Si4/c1-9-26(3,4)23-28(7,21-17-13-11-14-18-21)25-29(8,24-27(5,6)10-2)22-19-15-12-16-20-22/h9-20H,1-2H2,3-8H3. The Morgan fingerprint density at radius 2 is 0.862 bits per heavy atom. The minimum atomic E-state index is -2.80. The first-order valence-corrected chi connectivity index (χ1v) is 20.5. The largest absolute Gasteiger partial charge is 0.430 e. The molecule has 7 heteroatoms. The third-order valence-corrected chi connectivity index (χ3v) is 20.1. The molecule has 0 aliphatic carbocycles. The van der Waals surface area contributed by atoms with E-state index < -0.39 is 33.8 Å². The Morgan fingerprint density at radius 3 is 1.14 bits per heavy atom. The SMILES string of the molecule is C=C[Si](C)(C)O[Si](C)(O[Si](C)(O[Si](C)(C)C=C)c1ccccc1)c1ccccc1. The minimum Gasteiger partial charge on any atom is -0.430 e. The van der Waals surface area contributed by atoms with Crippen LogP contribution in [0, 0.1) is 0 Å². The molecule has 0 aliphatic rings. The van der Waals surface area contributed by atoms with Crippen LogP contribution in [0.4, 0.5) is 0 Å². The predicted molar refractivity (Wildman–Crippen MR) is 134 cm³/mol. The predicted octanol–water partition coefficient (Wildman–Crippen LogP) is 4.86. The quantitative estimate of drug-likeness (QED) is 0.476. The lowest BCUT2D eigenvalue weighted by Gasteiger charge is -2.43. The fraction of sp³-hybridized carbons (Fsp3) is 0.273. The summed E-state index contributed by atoms with van der Waals surface area (Å²) >= 11 is 0. The number of benzene rings is 2. The third kappa shape index (κ3) is 6.32. The summed E-state index contributed by atoms with van der Waals surface area (Å²) in [6.45, 7) is 20.9. The van der Waals surface area contributed by atoms with Gasteiger partial charge in [0.2, 0.25) is 0 Å². The van der Waals surface area contributed by atoms with Gasteiger partial charge in [0.1, 0.15) is 0 Å². The van der Waals surface area contributed by atoms with Crippen molar-refractivity contribution in [2.45, 2.75) is 39.3 Å². The summed E-state index contributed by atoms with van der Waals surface area (Å²) in [5, 5.41) is 2.22. The van der Waals surface area contributed by atoms with Gasteiger partial charge in [-0.1, -0.05) is 72.1 Å². The van der Waals surface area contributed by atoms with Crippen molar-refractivity contribution >= 4 is 44.1 Å². The van der Waals surface area contributed by atoms with E-state index in [2.05, 4.69) is 76.7 Å². The molecule has 2 rings (SSSR count). The van der Waals surface area contributed by atoms with Crippen LogP contribution < -0.4 is 10.4 Å². The van der Waals surface area contributed by atoms with Crippen molar-refractivity contribution in [2.75, 3.05) is 0 Å². The van der Waals surface area contributed by atoms with Crippen LogP contribution in [0.15, 0.2) is 85.2 Å². The number of hydrogen-bond acceptors (Lipinski definition) is 3.